The minimum absolute atomic E-state index is 0.124. The molecule has 0 amide bonds. The van der Waals surface area contributed by atoms with Gasteiger partial charge in [-0.05, 0) is 18.3 Å². The lowest BCUT2D eigenvalue weighted by Gasteiger charge is -2.18. The highest BCUT2D eigenvalue weighted by Crippen LogP contribution is 2.15. The average Bonchev–Trinajstić information content (AvgIpc) is 2.11. The zero-order valence-electron chi connectivity index (χ0n) is 11.5. The van der Waals surface area contributed by atoms with Crippen LogP contribution in [-0.2, 0) is 14.8 Å². The van der Waals surface area contributed by atoms with Crippen molar-refractivity contribution in [3.63, 3.8) is 0 Å². The van der Waals surface area contributed by atoms with Gasteiger partial charge >= 0.3 is 5.97 Å². The minimum atomic E-state index is -3.19. The van der Waals surface area contributed by atoms with Crippen LogP contribution in [0.3, 0.4) is 0 Å². The Balaban J connectivity index is 3.63. The Morgan fingerprint density at radius 1 is 1.11 bits per heavy atom. The second-order valence-corrected chi connectivity index (χ2v) is 7.58. The molecular weight excluding hydrogens is 254 g/mol. The van der Waals surface area contributed by atoms with Crippen LogP contribution in [0.5, 0.6) is 0 Å². The van der Waals surface area contributed by atoms with E-state index >= 15 is 0 Å². The molecule has 0 saturated carbocycles. The monoisotopic (exact) mass is 279 g/mol. The van der Waals surface area contributed by atoms with Crippen LogP contribution in [-0.4, -0.2) is 31.8 Å². The van der Waals surface area contributed by atoms with Gasteiger partial charge in [0.2, 0.25) is 10.0 Å². The smallest absolute Gasteiger partial charge is 0.303 e. The molecule has 0 aliphatic carbocycles. The van der Waals surface area contributed by atoms with Crippen molar-refractivity contribution in [2.75, 3.05) is 12.3 Å². The predicted octanol–water partition coefficient (Wildman–Crippen LogP) is 1.99. The van der Waals surface area contributed by atoms with E-state index in [1.165, 1.54) is 0 Å². The van der Waals surface area contributed by atoms with Crippen molar-refractivity contribution in [2.24, 2.45) is 5.41 Å². The van der Waals surface area contributed by atoms with Crippen molar-refractivity contribution in [1.82, 2.24) is 4.72 Å². The fourth-order valence-corrected chi connectivity index (χ4v) is 3.30. The van der Waals surface area contributed by atoms with Gasteiger partial charge in [-0.2, -0.15) is 0 Å². The largest absolute Gasteiger partial charge is 0.481 e. The fraction of sp³-hybridized carbons (Fsp3) is 0.917. The van der Waals surface area contributed by atoms with Gasteiger partial charge in [0, 0.05) is 13.0 Å². The van der Waals surface area contributed by atoms with Crippen molar-refractivity contribution >= 4 is 16.0 Å². The topological polar surface area (TPSA) is 83.5 Å². The van der Waals surface area contributed by atoms with E-state index in [0.717, 1.165) is 19.3 Å². The summed E-state index contributed by atoms with van der Waals surface area (Å²) in [4.78, 5) is 10.3. The Kier molecular flexibility index (Phi) is 7.47. The predicted molar refractivity (Wildman–Crippen MR) is 72.0 cm³/mol. The maximum Gasteiger partial charge on any atom is 0.303 e. The van der Waals surface area contributed by atoms with Gasteiger partial charge in [0.05, 0.1) is 5.75 Å². The molecule has 0 atom stereocenters. The molecule has 0 aliphatic rings. The summed E-state index contributed by atoms with van der Waals surface area (Å²) in [6.07, 6.45) is 3.28. The van der Waals surface area contributed by atoms with Gasteiger partial charge in [0.1, 0.15) is 0 Å². The van der Waals surface area contributed by atoms with Crippen LogP contribution in [0.4, 0.5) is 0 Å². The molecule has 18 heavy (non-hydrogen) atoms. The molecule has 0 aliphatic heterocycles. The van der Waals surface area contributed by atoms with Crippen LogP contribution < -0.4 is 4.72 Å². The molecule has 0 rings (SSSR count). The summed E-state index contributed by atoms with van der Waals surface area (Å²) in [5.74, 6) is -0.653. The van der Waals surface area contributed by atoms with E-state index in [0.29, 0.717) is 13.0 Å². The van der Waals surface area contributed by atoms with Crippen LogP contribution in [0.25, 0.3) is 0 Å². The third-order valence-corrected chi connectivity index (χ3v) is 4.15. The van der Waals surface area contributed by atoms with Crippen LogP contribution in [0.1, 0.15) is 52.9 Å². The fourth-order valence-electron chi connectivity index (χ4n) is 1.60. The van der Waals surface area contributed by atoms with Gasteiger partial charge < -0.3 is 5.11 Å². The van der Waals surface area contributed by atoms with Crippen molar-refractivity contribution < 1.29 is 18.3 Å². The van der Waals surface area contributed by atoms with Gasteiger partial charge in [0.15, 0.2) is 0 Å². The van der Waals surface area contributed by atoms with E-state index in [9.17, 15) is 13.2 Å². The Morgan fingerprint density at radius 3 is 2.17 bits per heavy atom. The number of carboxylic acids is 1. The Bertz CT molecular complexity index is 344. The zero-order valence-corrected chi connectivity index (χ0v) is 12.3. The van der Waals surface area contributed by atoms with Crippen LogP contribution in [0, 0.1) is 5.41 Å². The third-order valence-electron chi connectivity index (χ3n) is 2.26. The Labute approximate surface area is 110 Å². The van der Waals surface area contributed by atoms with E-state index in [1.54, 1.807) is 0 Å². The highest BCUT2D eigenvalue weighted by atomic mass is 32.2. The van der Waals surface area contributed by atoms with Gasteiger partial charge in [0.25, 0.3) is 0 Å². The molecule has 2 N–H and O–H groups in total. The normalized spacial score (nSPS) is 12.6. The van der Waals surface area contributed by atoms with Crippen molar-refractivity contribution in [2.45, 2.75) is 52.9 Å². The summed E-state index contributed by atoms with van der Waals surface area (Å²) < 4.78 is 25.8. The molecule has 0 aromatic rings. The number of aliphatic carboxylic acids is 1. The minimum Gasteiger partial charge on any atom is -0.481 e. The lowest BCUT2D eigenvalue weighted by molar-refractivity contribution is -0.137. The molecule has 0 saturated heterocycles. The lowest BCUT2D eigenvalue weighted by Crippen LogP contribution is -2.32. The summed E-state index contributed by atoms with van der Waals surface area (Å²) in [7, 11) is -3.19. The highest BCUT2D eigenvalue weighted by Gasteiger charge is 2.20. The van der Waals surface area contributed by atoms with Crippen molar-refractivity contribution in [1.29, 1.82) is 0 Å². The molecule has 108 valence electrons. The van der Waals surface area contributed by atoms with E-state index in [1.807, 2.05) is 20.8 Å². The summed E-state index contributed by atoms with van der Waals surface area (Å²) in [5, 5.41) is 8.44. The van der Waals surface area contributed by atoms with E-state index in [2.05, 4.69) is 4.72 Å². The molecule has 0 radical (unpaired) electrons. The van der Waals surface area contributed by atoms with Gasteiger partial charge in [-0.25, -0.2) is 13.1 Å². The first-order valence-corrected chi connectivity index (χ1v) is 7.97. The molecular formula is C12H25NO4S. The van der Waals surface area contributed by atoms with Gasteiger partial charge in [-0.15, -0.1) is 0 Å². The summed E-state index contributed by atoms with van der Waals surface area (Å²) in [6.45, 7) is 6.10. The molecule has 6 heteroatoms. The molecule has 0 fully saturated rings. The number of hydrogen-bond acceptors (Lipinski definition) is 3. The molecule has 0 unspecified atom stereocenters. The summed E-state index contributed by atoms with van der Waals surface area (Å²) in [5.41, 5.74) is -0.243. The first-order chi connectivity index (χ1) is 8.12. The van der Waals surface area contributed by atoms with E-state index in [4.69, 9.17) is 5.11 Å². The molecule has 0 aromatic carbocycles. The van der Waals surface area contributed by atoms with Crippen molar-refractivity contribution in [3.8, 4) is 0 Å². The second kappa shape index (κ2) is 7.74. The molecule has 0 spiro atoms. The number of nitrogens with one attached hydrogen (secondary N) is 1. The van der Waals surface area contributed by atoms with Gasteiger partial charge in [-0.3, -0.25) is 4.79 Å². The first kappa shape index (κ1) is 17.4. The highest BCUT2D eigenvalue weighted by molar-refractivity contribution is 7.89. The van der Waals surface area contributed by atoms with Crippen LogP contribution in [0.15, 0.2) is 0 Å². The second-order valence-electron chi connectivity index (χ2n) is 5.77. The first-order valence-electron chi connectivity index (χ1n) is 6.31. The Hall–Kier alpha value is -0.620. The number of sulfonamides is 1. The summed E-state index contributed by atoms with van der Waals surface area (Å²) in [6, 6.07) is 0. The van der Waals surface area contributed by atoms with E-state index < -0.39 is 16.0 Å². The molecule has 5 nitrogen and oxygen atoms in total. The maximum atomic E-state index is 11.6. The number of carbonyl (C=O) groups is 1. The summed E-state index contributed by atoms with van der Waals surface area (Å²) >= 11 is 0. The lowest BCUT2D eigenvalue weighted by atomic mass is 10.0. The number of unbranched alkanes of at least 4 members (excludes halogenated alkanes) is 3. The maximum absolute atomic E-state index is 11.6. The number of hydrogen-bond donors (Lipinski definition) is 2. The number of carboxylic acid groups (broad SMARTS) is 1. The molecule has 0 heterocycles. The van der Waals surface area contributed by atoms with Crippen LogP contribution >= 0.6 is 0 Å². The molecule has 0 aromatic heterocycles. The third kappa shape index (κ3) is 11.9. The average molecular weight is 279 g/mol. The zero-order chi connectivity index (χ0) is 14.2. The quantitative estimate of drug-likeness (QED) is 0.632. The van der Waals surface area contributed by atoms with Gasteiger partial charge in [-0.1, -0.05) is 33.6 Å². The number of rotatable bonds is 9. The van der Waals surface area contributed by atoms with E-state index in [-0.39, 0.29) is 17.6 Å². The van der Waals surface area contributed by atoms with Crippen molar-refractivity contribution in [3.05, 3.63) is 0 Å². The van der Waals surface area contributed by atoms with Crippen LogP contribution in [0.2, 0.25) is 0 Å². The molecule has 0 bridgehead atoms. The standard InChI is InChI=1S/C12H25NO4S/c1-12(2,3)10-18(16,17)13-9-7-5-4-6-8-11(14)15/h13H,4-10H2,1-3H3,(H,14,15). The SMILES string of the molecule is CC(C)(C)CS(=O)(=O)NCCCCCCC(=O)O. The Morgan fingerprint density at radius 2 is 1.67 bits per heavy atom.